The second-order valence-electron chi connectivity index (χ2n) is 11.0. The summed E-state index contributed by atoms with van der Waals surface area (Å²) in [7, 11) is -3.84. The van der Waals surface area contributed by atoms with E-state index in [1.54, 1.807) is 36.8 Å². The first-order chi connectivity index (χ1) is 19.3. The van der Waals surface area contributed by atoms with Gasteiger partial charge in [-0.05, 0) is 72.7 Å². The van der Waals surface area contributed by atoms with Crippen LogP contribution >= 0.6 is 0 Å². The number of nitrogens with zero attached hydrogens (tertiary/aromatic N) is 3. The molecule has 206 valence electrons. The van der Waals surface area contributed by atoms with E-state index in [1.807, 2.05) is 38.2 Å². The first kappa shape index (κ1) is 26.3. The van der Waals surface area contributed by atoms with Crippen LogP contribution in [-0.2, 0) is 10.0 Å². The lowest BCUT2D eigenvalue weighted by Crippen LogP contribution is -2.29. The van der Waals surface area contributed by atoms with Gasteiger partial charge in [0.2, 0.25) is 10.0 Å². The zero-order valence-corrected chi connectivity index (χ0v) is 23.3. The van der Waals surface area contributed by atoms with Crippen molar-refractivity contribution >= 4 is 32.4 Å². The predicted molar refractivity (Wildman–Crippen MR) is 153 cm³/mol. The first-order valence-corrected chi connectivity index (χ1v) is 15.1. The minimum Gasteiger partial charge on any atom is -0.377 e. The Labute approximate surface area is 233 Å². The van der Waals surface area contributed by atoms with Crippen LogP contribution < -0.4 is 15.4 Å². The smallest absolute Gasteiger partial charge is 0.253 e. The van der Waals surface area contributed by atoms with Gasteiger partial charge in [0.15, 0.2) is 0 Å². The average Bonchev–Trinajstić information content (AvgIpc) is 3.76. The fraction of sp³-hybridized carbons (Fsp3) is 0.333. The molecule has 6 rings (SSSR count). The van der Waals surface area contributed by atoms with E-state index in [-0.39, 0.29) is 22.8 Å². The zero-order valence-electron chi connectivity index (χ0n) is 22.5. The fourth-order valence-corrected chi connectivity index (χ4v) is 6.78. The van der Waals surface area contributed by atoms with Crippen molar-refractivity contribution in [3.8, 4) is 0 Å². The van der Waals surface area contributed by atoms with Gasteiger partial charge in [-0.15, -0.1) is 0 Å². The molecule has 1 amide bonds. The van der Waals surface area contributed by atoms with E-state index in [9.17, 15) is 13.2 Å². The summed E-state index contributed by atoms with van der Waals surface area (Å²) >= 11 is 0. The monoisotopic (exact) mass is 556 g/mol. The molecule has 1 fully saturated rings. The number of carbonyl (C=O) groups excluding carboxylic acids is 1. The molecule has 0 aliphatic heterocycles. The molecular formula is C30H32N6O3S. The summed E-state index contributed by atoms with van der Waals surface area (Å²) in [6, 6.07) is 10.3. The fourth-order valence-electron chi connectivity index (χ4n) is 5.33. The largest absolute Gasteiger partial charge is 0.377 e. The summed E-state index contributed by atoms with van der Waals surface area (Å²) in [4.78, 5) is 26.5. The van der Waals surface area contributed by atoms with E-state index in [4.69, 9.17) is 4.98 Å². The Bertz CT molecular complexity index is 1660. The normalized spacial score (nSPS) is 18.6. The Morgan fingerprint density at radius 1 is 1.00 bits per heavy atom. The van der Waals surface area contributed by atoms with E-state index >= 15 is 0 Å². The quantitative estimate of drug-likeness (QED) is 0.269. The molecule has 4 aromatic rings. The lowest BCUT2D eigenvalue weighted by Gasteiger charge is -2.19. The van der Waals surface area contributed by atoms with Crippen molar-refractivity contribution in [3.05, 3.63) is 89.8 Å². The van der Waals surface area contributed by atoms with Gasteiger partial charge in [0, 0.05) is 59.9 Å². The highest BCUT2D eigenvalue weighted by Gasteiger charge is 2.37. The molecule has 3 heterocycles. The molecule has 3 N–H and O–H groups in total. The van der Waals surface area contributed by atoms with Crippen LogP contribution in [0.4, 0.5) is 5.69 Å². The molecule has 0 bridgehead atoms. The van der Waals surface area contributed by atoms with Crippen molar-refractivity contribution in [1.29, 1.82) is 0 Å². The maximum atomic E-state index is 13.7. The number of benzene rings is 1. The standard InChI is InChI=1S/C30H32N6O3S/c1-18(2)14-34-40(38,39)28-12-23-26(36-30(37)20-5-3-9-31-15-20)13-27(35-21-6-4-10-32-16-21)29(23)24-17-33-25(11-22(24)28)19-7-8-19/h3-6,9-12,15-19,26-27,34-35H,7-8,13-14H2,1-2H3,(H,36,37)/t26-,27-/m1/s1. The van der Waals surface area contributed by atoms with Crippen LogP contribution in [0.5, 0.6) is 0 Å². The molecule has 2 aliphatic rings. The van der Waals surface area contributed by atoms with Crippen LogP contribution in [0.2, 0.25) is 0 Å². The number of fused-ring (bicyclic) bond motifs is 3. The minimum atomic E-state index is -3.84. The van der Waals surface area contributed by atoms with E-state index in [1.165, 1.54) is 6.20 Å². The first-order valence-electron chi connectivity index (χ1n) is 13.6. The highest BCUT2D eigenvalue weighted by Crippen LogP contribution is 2.47. The van der Waals surface area contributed by atoms with Crippen LogP contribution in [0.3, 0.4) is 0 Å². The number of amides is 1. The Hall–Kier alpha value is -3.89. The molecule has 2 aliphatic carbocycles. The summed E-state index contributed by atoms with van der Waals surface area (Å²) in [5, 5.41) is 8.12. The topological polar surface area (TPSA) is 126 Å². The number of anilines is 1. The third-order valence-electron chi connectivity index (χ3n) is 7.47. The van der Waals surface area contributed by atoms with Gasteiger partial charge >= 0.3 is 0 Å². The van der Waals surface area contributed by atoms with Gasteiger partial charge in [-0.25, -0.2) is 13.1 Å². The van der Waals surface area contributed by atoms with Gasteiger partial charge in [0.1, 0.15) is 0 Å². The van der Waals surface area contributed by atoms with Gasteiger partial charge in [-0.2, -0.15) is 0 Å². The van der Waals surface area contributed by atoms with Gasteiger partial charge < -0.3 is 10.6 Å². The van der Waals surface area contributed by atoms with Crippen LogP contribution in [0.15, 0.2) is 72.3 Å². The lowest BCUT2D eigenvalue weighted by molar-refractivity contribution is 0.0935. The Balaban J connectivity index is 1.50. The number of pyridine rings is 3. The number of hydrogen-bond acceptors (Lipinski definition) is 7. The van der Waals surface area contributed by atoms with Gasteiger partial charge in [-0.3, -0.25) is 19.7 Å². The molecule has 0 saturated heterocycles. The van der Waals surface area contributed by atoms with E-state index < -0.39 is 16.1 Å². The highest BCUT2D eigenvalue weighted by molar-refractivity contribution is 7.89. The molecule has 9 nitrogen and oxygen atoms in total. The van der Waals surface area contributed by atoms with E-state index in [2.05, 4.69) is 25.3 Å². The van der Waals surface area contributed by atoms with Crippen LogP contribution in [0.25, 0.3) is 10.8 Å². The number of rotatable bonds is 9. The van der Waals surface area contributed by atoms with Crippen LogP contribution in [0.1, 0.15) is 78.3 Å². The highest BCUT2D eigenvalue weighted by atomic mass is 32.2. The molecule has 2 atom stereocenters. The summed E-state index contributed by atoms with van der Waals surface area (Å²) < 4.78 is 30.2. The van der Waals surface area contributed by atoms with Crippen LogP contribution in [0, 0.1) is 5.92 Å². The van der Waals surface area contributed by atoms with Crippen molar-refractivity contribution in [2.24, 2.45) is 5.92 Å². The average molecular weight is 557 g/mol. The molecule has 1 saturated carbocycles. The summed E-state index contributed by atoms with van der Waals surface area (Å²) in [6.45, 7) is 4.27. The van der Waals surface area contributed by atoms with Crippen LogP contribution in [-0.4, -0.2) is 35.8 Å². The summed E-state index contributed by atoms with van der Waals surface area (Å²) in [6.07, 6.45) is 11.1. The summed E-state index contributed by atoms with van der Waals surface area (Å²) in [5.41, 5.74) is 3.90. The molecule has 0 spiro atoms. The van der Waals surface area contributed by atoms with Crippen molar-refractivity contribution < 1.29 is 13.2 Å². The molecule has 0 radical (unpaired) electrons. The maximum absolute atomic E-state index is 13.7. The SMILES string of the molecule is CC(C)CNS(=O)(=O)c1cc2c(c3cnc(C4CC4)cc13)[C@H](Nc1cccnc1)C[C@H]2NC(=O)c1cccnc1. The zero-order chi connectivity index (χ0) is 27.9. The second kappa shape index (κ2) is 10.6. The number of hydrogen-bond donors (Lipinski definition) is 3. The van der Waals surface area contributed by atoms with Gasteiger partial charge in [0.25, 0.3) is 5.91 Å². The minimum absolute atomic E-state index is 0.152. The molecule has 0 unspecified atom stereocenters. The van der Waals surface area contributed by atoms with Crippen molar-refractivity contribution in [2.45, 2.75) is 56.0 Å². The molecule has 1 aromatic carbocycles. The number of carbonyl (C=O) groups is 1. The third-order valence-corrected chi connectivity index (χ3v) is 8.94. The molecule has 40 heavy (non-hydrogen) atoms. The van der Waals surface area contributed by atoms with Gasteiger partial charge in [-0.1, -0.05) is 13.8 Å². The Morgan fingerprint density at radius 2 is 1.77 bits per heavy atom. The predicted octanol–water partition coefficient (Wildman–Crippen LogP) is 4.86. The second-order valence-corrected chi connectivity index (χ2v) is 12.7. The number of aromatic nitrogens is 3. The van der Waals surface area contributed by atoms with E-state index in [0.29, 0.717) is 29.8 Å². The lowest BCUT2D eigenvalue weighted by atomic mass is 9.98. The van der Waals surface area contributed by atoms with E-state index in [0.717, 1.165) is 40.7 Å². The molecular weight excluding hydrogens is 524 g/mol. The number of nitrogens with one attached hydrogen (secondary N) is 3. The molecule has 10 heteroatoms. The third kappa shape index (κ3) is 5.29. The van der Waals surface area contributed by atoms with Gasteiger partial charge in [0.05, 0.1) is 28.2 Å². The summed E-state index contributed by atoms with van der Waals surface area (Å²) in [5.74, 6) is 0.252. The molecule has 3 aromatic heterocycles. The van der Waals surface area contributed by atoms with Crippen molar-refractivity contribution in [1.82, 2.24) is 25.0 Å². The number of sulfonamides is 1. The Kier molecular flexibility index (Phi) is 6.97. The van der Waals surface area contributed by atoms with Crippen molar-refractivity contribution in [2.75, 3.05) is 11.9 Å². The van der Waals surface area contributed by atoms with Crippen molar-refractivity contribution in [3.63, 3.8) is 0 Å². The Morgan fingerprint density at radius 3 is 2.45 bits per heavy atom. The maximum Gasteiger partial charge on any atom is 0.253 e.